The second-order valence-corrected chi connectivity index (χ2v) is 8.59. The van der Waals surface area contributed by atoms with Gasteiger partial charge < -0.3 is 16.0 Å². The third-order valence-electron chi connectivity index (χ3n) is 6.20. The van der Waals surface area contributed by atoms with Crippen molar-refractivity contribution in [2.45, 2.75) is 32.1 Å². The highest BCUT2D eigenvalue weighted by molar-refractivity contribution is 5.98. The summed E-state index contributed by atoms with van der Waals surface area (Å²) >= 11 is 0. The predicted octanol–water partition coefficient (Wildman–Crippen LogP) is 4.28. The fourth-order valence-corrected chi connectivity index (χ4v) is 4.30. The van der Waals surface area contributed by atoms with E-state index in [0.717, 1.165) is 36.1 Å². The molecule has 3 aromatic rings. The molecule has 0 aliphatic carbocycles. The lowest BCUT2D eigenvalue weighted by Crippen LogP contribution is -2.36. The number of amides is 2. The first-order valence-electron chi connectivity index (χ1n) is 11.7. The zero-order valence-corrected chi connectivity index (χ0v) is 20.4. The van der Waals surface area contributed by atoms with Crippen LogP contribution >= 0.6 is 12.4 Å². The van der Waals surface area contributed by atoms with E-state index in [4.69, 9.17) is 11.1 Å². The first-order valence-corrected chi connectivity index (χ1v) is 11.7. The van der Waals surface area contributed by atoms with E-state index in [1.807, 2.05) is 65.6 Å². The molecule has 0 bridgehead atoms. The monoisotopic (exact) mass is 490 g/mol. The Morgan fingerprint density at radius 1 is 0.914 bits per heavy atom. The normalized spacial score (nSPS) is 12.3. The standard InChI is InChI=1S/C28H30N4O2.ClH/c29-27(30)22-11-8-21(9-12-22)10-15-26(33)32-18-4-7-23-19-24(13-14-25(23)32)28(34)31-17-16-20-5-2-1-3-6-20;/h1-3,5-6,8-9,11-14,19H,4,7,10,15-18H2,(H3,29,30)(H,31,34);1H. The Bertz CT molecular complexity index is 1180. The number of amidine groups is 1. The summed E-state index contributed by atoms with van der Waals surface area (Å²) in [4.78, 5) is 27.5. The van der Waals surface area contributed by atoms with Crippen molar-refractivity contribution in [1.82, 2.24) is 5.32 Å². The van der Waals surface area contributed by atoms with Gasteiger partial charge in [-0.15, -0.1) is 12.4 Å². The lowest BCUT2D eigenvalue weighted by molar-refractivity contribution is -0.118. The van der Waals surface area contributed by atoms with Gasteiger partial charge in [0.1, 0.15) is 5.84 Å². The summed E-state index contributed by atoms with van der Waals surface area (Å²) < 4.78 is 0. The Labute approximate surface area is 212 Å². The molecule has 1 aliphatic rings. The van der Waals surface area contributed by atoms with Gasteiger partial charge in [-0.25, -0.2) is 0 Å². The number of hydrogen-bond donors (Lipinski definition) is 3. The molecule has 0 unspecified atom stereocenters. The predicted molar refractivity (Wildman–Crippen MR) is 143 cm³/mol. The highest BCUT2D eigenvalue weighted by Gasteiger charge is 2.23. The number of nitrogen functional groups attached to an aromatic ring is 1. The van der Waals surface area contributed by atoms with Crippen LogP contribution in [0, 0.1) is 5.41 Å². The number of nitrogens with two attached hydrogens (primary N) is 1. The van der Waals surface area contributed by atoms with Crippen LogP contribution in [-0.2, 0) is 24.1 Å². The molecular weight excluding hydrogens is 460 g/mol. The van der Waals surface area contributed by atoms with E-state index in [1.54, 1.807) is 0 Å². The van der Waals surface area contributed by atoms with Crippen LogP contribution in [0.1, 0.15) is 45.5 Å². The van der Waals surface area contributed by atoms with Crippen molar-refractivity contribution in [2.24, 2.45) is 5.73 Å². The van der Waals surface area contributed by atoms with Crippen LogP contribution in [0.15, 0.2) is 72.8 Å². The molecule has 0 radical (unpaired) electrons. The number of hydrogen-bond acceptors (Lipinski definition) is 3. The number of carbonyl (C=O) groups is 2. The summed E-state index contributed by atoms with van der Waals surface area (Å²) in [5.74, 6) is 0.0321. The molecule has 35 heavy (non-hydrogen) atoms. The van der Waals surface area contributed by atoms with Gasteiger partial charge in [-0.3, -0.25) is 15.0 Å². The summed E-state index contributed by atoms with van der Waals surface area (Å²) in [6.07, 6.45) is 3.56. The molecule has 1 aliphatic heterocycles. The van der Waals surface area contributed by atoms with Crippen molar-refractivity contribution < 1.29 is 9.59 Å². The minimum atomic E-state index is -0.0869. The largest absolute Gasteiger partial charge is 0.384 e. The van der Waals surface area contributed by atoms with E-state index in [1.165, 1.54) is 5.56 Å². The minimum absolute atomic E-state index is 0. The third-order valence-corrected chi connectivity index (χ3v) is 6.20. The van der Waals surface area contributed by atoms with Crippen LogP contribution in [0.5, 0.6) is 0 Å². The number of carbonyl (C=O) groups excluding carboxylic acids is 2. The molecule has 0 saturated heterocycles. The van der Waals surface area contributed by atoms with Gasteiger partial charge in [0.05, 0.1) is 0 Å². The fourth-order valence-electron chi connectivity index (χ4n) is 4.30. The van der Waals surface area contributed by atoms with E-state index in [0.29, 0.717) is 37.1 Å². The first-order chi connectivity index (χ1) is 16.5. The van der Waals surface area contributed by atoms with Crippen molar-refractivity contribution in [1.29, 1.82) is 5.41 Å². The molecule has 0 spiro atoms. The molecular formula is C28H31ClN4O2. The van der Waals surface area contributed by atoms with Gasteiger partial charge in [0, 0.05) is 36.3 Å². The summed E-state index contributed by atoms with van der Waals surface area (Å²) in [6.45, 7) is 1.27. The Kier molecular flexibility index (Phi) is 9.04. The fraction of sp³-hybridized carbons (Fsp3) is 0.250. The smallest absolute Gasteiger partial charge is 0.251 e. The molecule has 2 amide bonds. The molecule has 7 heteroatoms. The van der Waals surface area contributed by atoms with Gasteiger partial charge >= 0.3 is 0 Å². The van der Waals surface area contributed by atoms with E-state index in [2.05, 4.69) is 17.4 Å². The summed E-state index contributed by atoms with van der Waals surface area (Å²) in [5, 5.41) is 10.5. The number of rotatable bonds is 8. The number of fused-ring (bicyclic) bond motifs is 1. The second kappa shape index (κ2) is 12.2. The number of aryl methyl sites for hydroxylation is 2. The lowest BCUT2D eigenvalue weighted by atomic mass is 9.98. The molecule has 1 heterocycles. The van der Waals surface area contributed by atoms with Crippen molar-refractivity contribution in [2.75, 3.05) is 18.0 Å². The topological polar surface area (TPSA) is 99.3 Å². The SMILES string of the molecule is Cl.N=C(N)c1ccc(CCC(=O)N2CCCc3cc(C(=O)NCCc4ccccc4)ccc32)cc1. The van der Waals surface area contributed by atoms with Crippen LogP contribution in [-0.4, -0.2) is 30.7 Å². The Balaban J connectivity index is 0.00000342. The van der Waals surface area contributed by atoms with E-state index in [9.17, 15) is 9.59 Å². The lowest BCUT2D eigenvalue weighted by Gasteiger charge is -2.30. The van der Waals surface area contributed by atoms with Crippen LogP contribution in [0.3, 0.4) is 0 Å². The first kappa shape index (κ1) is 26.0. The summed E-state index contributed by atoms with van der Waals surface area (Å²) in [7, 11) is 0. The number of nitrogens with one attached hydrogen (secondary N) is 2. The number of halogens is 1. The summed E-state index contributed by atoms with van der Waals surface area (Å²) in [6, 6.07) is 23.2. The second-order valence-electron chi connectivity index (χ2n) is 8.59. The molecule has 0 atom stereocenters. The molecule has 6 nitrogen and oxygen atoms in total. The van der Waals surface area contributed by atoms with Gasteiger partial charge in [0.2, 0.25) is 5.91 Å². The highest BCUT2D eigenvalue weighted by atomic mass is 35.5. The van der Waals surface area contributed by atoms with Crippen LogP contribution in [0.2, 0.25) is 0 Å². The van der Waals surface area contributed by atoms with Crippen LogP contribution in [0.4, 0.5) is 5.69 Å². The molecule has 182 valence electrons. The van der Waals surface area contributed by atoms with Crippen LogP contribution < -0.4 is 16.0 Å². The Morgan fingerprint density at radius 2 is 1.60 bits per heavy atom. The number of nitrogens with zero attached hydrogens (tertiary/aromatic N) is 1. The summed E-state index contributed by atoms with van der Waals surface area (Å²) in [5.41, 5.74) is 11.0. The third kappa shape index (κ3) is 6.70. The molecule has 4 N–H and O–H groups in total. The Hall–Kier alpha value is -3.64. The molecule has 0 aromatic heterocycles. The maximum atomic E-state index is 13.0. The van der Waals surface area contributed by atoms with Gasteiger partial charge in [-0.05, 0) is 60.6 Å². The molecule has 4 rings (SSSR count). The zero-order chi connectivity index (χ0) is 23.9. The van der Waals surface area contributed by atoms with Crippen molar-refractivity contribution in [3.8, 4) is 0 Å². The van der Waals surface area contributed by atoms with Crippen molar-refractivity contribution in [3.63, 3.8) is 0 Å². The van der Waals surface area contributed by atoms with Gasteiger partial charge in [-0.2, -0.15) is 0 Å². The molecule has 0 fully saturated rings. The molecule has 0 saturated carbocycles. The molecule has 3 aromatic carbocycles. The van der Waals surface area contributed by atoms with Gasteiger partial charge in [0.25, 0.3) is 5.91 Å². The average molecular weight is 491 g/mol. The van der Waals surface area contributed by atoms with E-state index in [-0.39, 0.29) is 30.1 Å². The zero-order valence-electron chi connectivity index (χ0n) is 19.6. The van der Waals surface area contributed by atoms with E-state index >= 15 is 0 Å². The minimum Gasteiger partial charge on any atom is -0.384 e. The van der Waals surface area contributed by atoms with Crippen LogP contribution in [0.25, 0.3) is 0 Å². The van der Waals surface area contributed by atoms with E-state index < -0.39 is 0 Å². The van der Waals surface area contributed by atoms with Crippen molar-refractivity contribution >= 4 is 35.7 Å². The average Bonchev–Trinajstić information content (AvgIpc) is 2.87. The maximum Gasteiger partial charge on any atom is 0.251 e. The van der Waals surface area contributed by atoms with Gasteiger partial charge in [-0.1, -0.05) is 54.6 Å². The van der Waals surface area contributed by atoms with Gasteiger partial charge in [0.15, 0.2) is 0 Å². The number of benzene rings is 3. The van der Waals surface area contributed by atoms with Crippen molar-refractivity contribution in [3.05, 3.63) is 101 Å². The highest BCUT2D eigenvalue weighted by Crippen LogP contribution is 2.29. The maximum absolute atomic E-state index is 13.0. The number of anilines is 1. The quantitative estimate of drug-likeness (QED) is 0.324. The Morgan fingerprint density at radius 3 is 2.31 bits per heavy atom.